The first-order chi connectivity index (χ1) is 9.47. The van der Waals surface area contributed by atoms with E-state index in [2.05, 4.69) is 4.57 Å². The molecule has 2 rings (SSSR count). The maximum absolute atomic E-state index is 11.4. The normalized spacial score (nSPS) is 18.4. The fourth-order valence-electron chi connectivity index (χ4n) is 2.62. The molecule has 20 heavy (non-hydrogen) atoms. The quantitative estimate of drug-likeness (QED) is 0.294. The average Bonchev–Trinajstić information content (AvgIpc) is 2.68. The van der Waals surface area contributed by atoms with Gasteiger partial charge in [0.1, 0.15) is 7.05 Å². The van der Waals surface area contributed by atoms with E-state index < -0.39 is 10.7 Å². The van der Waals surface area contributed by atoms with Crippen molar-refractivity contribution in [3.63, 3.8) is 0 Å². The zero-order valence-corrected chi connectivity index (χ0v) is 11.9. The average molecular weight is 279 g/mol. The van der Waals surface area contributed by atoms with Crippen LogP contribution in [-0.4, -0.2) is 32.7 Å². The standard InChI is InChI=1S/C15H23N2O3/c1-17(19,20)15(18)9-8-13-10-11-16(12-13)14-6-4-2-3-5-7-14/h8-12,14,19-20H,2-7H2,1H3/q+1/b9-8+. The molecule has 5 nitrogen and oxygen atoms in total. The van der Waals surface area contributed by atoms with E-state index in [0.717, 1.165) is 12.6 Å². The molecule has 0 unspecified atom stereocenters. The Bertz CT molecular complexity index is 478. The Morgan fingerprint density at radius 1 is 1.30 bits per heavy atom. The smallest absolute Gasteiger partial charge is 0.351 e. The number of amides is 1. The molecule has 1 fully saturated rings. The molecule has 1 amide bonds. The second kappa shape index (κ2) is 6.35. The molecule has 0 spiro atoms. The molecule has 1 aliphatic rings. The Hall–Kier alpha value is -1.43. The van der Waals surface area contributed by atoms with Gasteiger partial charge in [0.25, 0.3) is 0 Å². The first-order valence-electron chi connectivity index (χ1n) is 7.19. The van der Waals surface area contributed by atoms with Crippen LogP contribution in [0.1, 0.15) is 50.1 Å². The van der Waals surface area contributed by atoms with Gasteiger partial charge in [-0.1, -0.05) is 25.7 Å². The molecule has 1 aliphatic carbocycles. The maximum atomic E-state index is 11.4. The first kappa shape index (κ1) is 15.0. The van der Waals surface area contributed by atoms with Crippen LogP contribution in [0.25, 0.3) is 6.08 Å². The minimum Gasteiger partial charge on any atom is -0.351 e. The van der Waals surface area contributed by atoms with Gasteiger partial charge in [-0.3, -0.25) is 0 Å². The molecular formula is C15H23N2O3+. The van der Waals surface area contributed by atoms with Gasteiger partial charge < -0.3 is 4.57 Å². The first-order valence-corrected chi connectivity index (χ1v) is 7.19. The topological polar surface area (TPSA) is 62.5 Å². The number of hydrogen-bond acceptors (Lipinski definition) is 3. The number of carbonyl (C=O) groups excluding carboxylic acids is 1. The lowest BCUT2D eigenvalue weighted by molar-refractivity contribution is -1.17. The van der Waals surface area contributed by atoms with Gasteiger partial charge in [0.2, 0.25) is 0 Å². The van der Waals surface area contributed by atoms with E-state index in [4.69, 9.17) is 10.4 Å². The second-order valence-corrected chi connectivity index (χ2v) is 5.62. The Kier molecular flexibility index (Phi) is 4.75. The van der Waals surface area contributed by atoms with E-state index in [1.165, 1.54) is 44.6 Å². The van der Waals surface area contributed by atoms with Gasteiger partial charge in [-0.2, -0.15) is 10.4 Å². The van der Waals surface area contributed by atoms with Crippen molar-refractivity contribution in [1.29, 1.82) is 0 Å². The summed E-state index contributed by atoms with van der Waals surface area (Å²) in [7, 11) is 1.00. The summed E-state index contributed by atoms with van der Waals surface area (Å²) in [6.45, 7) is 0. The van der Waals surface area contributed by atoms with Crippen LogP contribution in [-0.2, 0) is 4.79 Å². The van der Waals surface area contributed by atoms with Crippen LogP contribution in [0.5, 0.6) is 0 Å². The molecule has 1 saturated carbocycles. The van der Waals surface area contributed by atoms with Crippen molar-refractivity contribution < 1.29 is 20.0 Å². The van der Waals surface area contributed by atoms with Crippen LogP contribution in [0.4, 0.5) is 0 Å². The second-order valence-electron chi connectivity index (χ2n) is 5.62. The lowest BCUT2D eigenvalue weighted by Gasteiger charge is -2.15. The summed E-state index contributed by atoms with van der Waals surface area (Å²) in [5.74, 6) is -0.771. The third kappa shape index (κ3) is 4.03. The Labute approximate surface area is 119 Å². The molecule has 0 aliphatic heterocycles. The summed E-state index contributed by atoms with van der Waals surface area (Å²) in [6.07, 6.45) is 14.5. The van der Waals surface area contributed by atoms with E-state index >= 15 is 0 Å². The molecule has 0 saturated heterocycles. The highest BCUT2D eigenvalue weighted by Crippen LogP contribution is 2.27. The summed E-state index contributed by atoms with van der Waals surface area (Å²) in [5.41, 5.74) is 0.899. The lowest BCUT2D eigenvalue weighted by Crippen LogP contribution is -2.41. The van der Waals surface area contributed by atoms with Crippen LogP contribution in [0.15, 0.2) is 24.5 Å². The summed E-state index contributed by atoms with van der Waals surface area (Å²) < 4.78 is 2.21. The van der Waals surface area contributed by atoms with Crippen molar-refractivity contribution in [3.8, 4) is 0 Å². The van der Waals surface area contributed by atoms with Crippen molar-refractivity contribution >= 4 is 12.0 Å². The minimum absolute atomic E-state index is 0.548. The summed E-state index contributed by atoms with van der Waals surface area (Å²) in [6, 6.07) is 2.49. The Balaban J connectivity index is 2.01. The highest BCUT2D eigenvalue weighted by molar-refractivity contribution is 5.85. The van der Waals surface area contributed by atoms with Crippen LogP contribution in [0.3, 0.4) is 0 Å². The molecule has 110 valence electrons. The summed E-state index contributed by atoms with van der Waals surface area (Å²) in [4.78, 5) is 9.70. The number of carbonyl (C=O) groups is 1. The van der Waals surface area contributed by atoms with Gasteiger partial charge >= 0.3 is 5.91 Å². The zero-order chi connectivity index (χ0) is 14.6. The zero-order valence-electron chi connectivity index (χ0n) is 11.9. The molecule has 1 heterocycles. The van der Waals surface area contributed by atoms with Gasteiger partial charge in [0, 0.05) is 23.2 Å². The minimum atomic E-state index is -1.67. The molecule has 0 bridgehead atoms. The van der Waals surface area contributed by atoms with Gasteiger partial charge in [-0.15, -0.1) is 0 Å². The van der Waals surface area contributed by atoms with E-state index in [-0.39, 0.29) is 0 Å². The van der Waals surface area contributed by atoms with Gasteiger partial charge in [-0.05, 0) is 30.5 Å². The summed E-state index contributed by atoms with van der Waals surface area (Å²) >= 11 is 0. The highest BCUT2D eigenvalue weighted by atomic mass is 16.8. The van der Waals surface area contributed by atoms with Crippen LogP contribution in [0.2, 0.25) is 0 Å². The van der Waals surface area contributed by atoms with E-state index in [1.54, 1.807) is 6.08 Å². The predicted octanol–water partition coefficient (Wildman–Crippen LogP) is 3.15. The predicted molar refractivity (Wildman–Crippen MR) is 75.0 cm³/mol. The van der Waals surface area contributed by atoms with E-state index in [1.807, 2.05) is 18.5 Å². The molecule has 0 radical (unpaired) electrons. The third-order valence-corrected chi connectivity index (χ3v) is 3.82. The number of likely N-dealkylation sites (N-methyl/N-ethyl adjacent to an activating group) is 1. The molecule has 0 atom stereocenters. The van der Waals surface area contributed by atoms with E-state index in [0.29, 0.717) is 6.04 Å². The Morgan fingerprint density at radius 3 is 2.55 bits per heavy atom. The fourth-order valence-corrected chi connectivity index (χ4v) is 2.62. The van der Waals surface area contributed by atoms with Crippen molar-refractivity contribution in [2.45, 2.75) is 44.6 Å². The number of hydroxylamine groups is 4. The molecular weight excluding hydrogens is 256 g/mol. The van der Waals surface area contributed by atoms with Crippen molar-refractivity contribution in [1.82, 2.24) is 4.57 Å². The van der Waals surface area contributed by atoms with Gasteiger partial charge in [0.05, 0.1) is 6.08 Å². The highest BCUT2D eigenvalue weighted by Gasteiger charge is 2.24. The molecule has 1 aromatic heterocycles. The van der Waals surface area contributed by atoms with Crippen molar-refractivity contribution in [2.75, 3.05) is 7.05 Å². The maximum Gasteiger partial charge on any atom is 0.403 e. The van der Waals surface area contributed by atoms with Gasteiger partial charge in [0.15, 0.2) is 0 Å². The van der Waals surface area contributed by atoms with E-state index in [9.17, 15) is 4.79 Å². The van der Waals surface area contributed by atoms with Crippen LogP contribution >= 0.6 is 0 Å². The Morgan fingerprint density at radius 2 is 1.95 bits per heavy atom. The van der Waals surface area contributed by atoms with Gasteiger partial charge in [-0.25, -0.2) is 4.79 Å². The molecule has 2 N–H and O–H groups in total. The monoisotopic (exact) mass is 279 g/mol. The number of rotatable bonds is 3. The largest absolute Gasteiger partial charge is 0.403 e. The lowest BCUT2D eigenvalue weighted by atomic mass is 10.1. The number of quaternary nitrogens is 1. The number of aromatic nitrogens is 1. The molecule has 1 aromatic rings. The number of hydrogen-bond donors (Lipinski definition) is 2. The third-order valence-electron chi connectivity index (χ3n) is 3.82. The molecule has 0 aromatic carbocycles. The van der Waals surface area contributed by atoms with Crippen LogP contribution in [0, 0.1) is 0 Å². The number of nitrogens with zero attached hydrogens (tertiary/aromatic N) is 2. The fraction of sp³-hybridized carbons (Fsp3) is 0.533. The van der Waals surface area contributed by atoms with Crippen molar-refractivity contribution in [2.24, 2.45) is 0 Å². The van der Waals surface area contributed by atoms with Crippen molar-refractivity contribution in [3.05, 3.63) is 30.1 Å². The molecule has 5 heteroatoms. The van der Waals surface area contributed by atoms with Crippen LogP contribution < -0.4 is 0 Å². The SMILES string of the molecule is C[N+](O)(O)C(=O)/C=C/c1ccn(C2CCCCCC2)c1. The summed E-state index contributed by atoms with van der Waals surface area (Å²) in [5, 5.41) is 18.2.